The van der Waals surface area contributed by atoms with E-state index in [1.165, 1.54) is 34.9 Å². The molecule has 0 saturated heterocycles. The van der Waals surface area contributed by atoms with Crippen molar-refractivity contribution in [2.75, 3.05) is 17.3 Å². The molecular formula is C23H21ClN2O3S. The third-order valence-corrected chi connectivity index (χ3v) is 5.89. The summed E-state index contributed by atoms with van der Waals surface area (Å²) in [4.78, 5) is 15.7. The number of hydrogen-bond donors (Lipinski definition) is 3. The van der Waals surface area contributed by atoms with E-state index in [1.807, 2.05) is 32.2 Å². The van der Waals surface area contributed by atoms with E-state index < -0.39 is 5.91 Å². The first-order valence-corrected chi connectivity index (χ1v) is 10.3. The van der Waals surface area contributed by atoms with E-state index in [2.05, 4.69) is 11.9 Å². The number of aromatic hydroxyl groups is 2. The maximum atomic E-state index is 13.4. The fraction of sp³-hybridized carbons (Fsp3) is 0.0870. The number of aryl methyl sites for hydroxylation is 1. The van der Waals surface area contributed by atoms with Gasteiger partial charge in [0.2, 0.25) is 0 Å². The highest BCUT2D eigenvalue weighted by Crippen LogP contribution is 2.38. The molecule has 0 radical (unpaired) electrons. The van der Waals surface area contributed by atoms with Crippen LogP contribution in [0, 0.1) is 6.92 Å². The lowest BCUT2D eigenvalue weighted by Crippen LogP contribution is -2.29. The summed E-state index contributed by atoms with van der Waals surface area (Å²) in [5.74, 6) is -1.01. The molecule has 0 atom stereocenters. The zero-order chi connectivity index (χ0) is 21.8. The number of rotatable bonds is 6. The van der Waals surface area contributed by atoms with Crippen molar-refractivity contribution in [3.8, 4) is 11.5 Å². The minimum atomic E-state index is -0.398. The van der Waals surface area contributed by atoms with Crippen LogP contribution in [0.4, 0.5) is 11.4 Å². The molecule has 0 bridgehead atoms. The zero-order valence-electron chi connectivity index (χ0n) is 16.5. The van der Waals surface area contributed by atoms with Crippen LogP contribution in [0.15, 0.2) is 77.2 Å². The van der Waals surface area contributed by atoms with Crippen LogP contribution in [-0.4, -0.2) is 23.2 Å². The summed E-state index contributed by atoms with van der Waals surface area (Å²) in [5, 5.41) is 23.5. The molecule has 0 heterocycles. The quantitative estimate of drug-likeness (QED) is 0.323. The highest BCUT2D eigenvalue weighted by atomic mass is 35.5. The molecule has 0 saturated carbocycles. The molecule has 0 aliphatic heterocycles. The van der Waals surface area contributed by atoms with Gasteiger partial charge in [0.25, 0.3) is 5.91 Å². The number of nitrogens with one attached hydrogen (secondary N) is 1. The van der Waals surface area contributed by atoms with Crippen LogP contribution in [0.25, 0.3) is 0 Å². The van der Waals surface area contributed by atoms with Gasteiger partial charge in [-0.1, -0.05) is 48.1 Å². The minimum absolute atomic E-state index is 0.278. The summed E-state index contributed by atoms with van der Waals surface area (Å²) in [7, 11) is 1.83. The van der Waals surface area contributed by atoms with Crippen molar-refractivity contribution >= 4 is 40.6 Å². The van der Waals surface area contributed by atoms with Crippen molar-refractivity contribution < 1.29 is 15.0 Å². The monoisotopic (exact) mass is 440 g/mol. The molecule has 0 aliphatic rings. The molecule has 0 unspecified atom stereocenters. The molecule has 3 aromatic carbocycles. The van der Waals surface area contributed by atoms with Gasteiger partial charge in [0.05, 0.1) is 21.3 Å². The van der Waals surface area contributed by atoms with Crippen LogP contribution >= 0.6 is 23.4 Å². The third kappa shape index (κ3) is 4.56. The van der Waals surface area contributed by atoms with Gasteiger partial charge < -0.3 is 15.5 Å². The van der Waals surface area contributed by atoms with Crippen molar-refractivity contribution in [1.29, 1.82) is 0 Å². The first-order valence-electron chi connectivity index (χ1n) is 9.08. The number of halogens is 1. The SMILES string of the molecule is C=C(Sc1cc(NC)ccc1C)N(C(=O)c1ccccc1Cl)c1ccc(O)c(O)c1. The Morgan fingerprint density at radius 3 is 2.47 bits per heavy atom. The molecule has 7 heteroatoms. The summed E-state index contributed by atoms with van der Waals surface area (Å²) < 4.78 is 0. The van der Waals surface area contributed by atoms with Crippen LogP contribution in [0.2, 0.25) is 5.02 Å². The van der Waals surface area contributed by atoms with E-state index in [0.717, 1.165) is 16.1 Å². The number of benzene rings is 3. The minimum Gasteiger partial charge on any atom is -0.504 e. The first-order chi connectivity index (χ1) is 14.3. The van der Waals surface area contributed by atoms with E-state index >= 15 is 0 Å². The fourth-order valence-electron chi connectivity index (χ4n) is 2.82. The number of carbonyl (C=O) groups excluding carboxylic acids is 1. The normalized spacial score (nSPS) is 10.5. The lowest BCUT2D eigenvalue weighted by Gasteiger charge is -2.25. The molecule has 0 fully saturated rings. The van der Waals surface area contributed by atoms with Crippen LogP contribution in [0.3, 0.4) is 0 Å². The Labute approximate surface area is 184 Å². The number of carbonyl (C=O) groups is 1. The second kappa shape index (κ2) is 9.15. The van der Waals surface area contributed by atoms with E-state index in [9.17, 15) is 15.0 Å². The topological polar surface area (TPSA) is 72.8 Å². The first kappa shape index (κ1) is 21.6. The Morgan fingerprint density at radius 1 is 1.07 bits per heavy atom. The molecular weight excluding hydrogens is 420 g/mol. The fourth-order valence-corrected chi connectivity index (χ4v) is 3.98. The number of anilines is 2. The third-order valence-electron chi connectivity index (χ3n) is 4.48. The van der Waals surface area contributed by atoms with Crippen molar-refractivity contribution in [3.05, 3.63) is 88.4 Å². The van der Waals surface area contributed by atoms with Crippen LogP contribution in [-0.2, 0) is 0 Å². The number of phenols is 2. The Bertz CT molecular complexity index is 1120. The van der Waals surface area contributed by atoms with E-state index in [0.29, 0.717) is 21.3 Å². The maximum Gasteiger partial charge on any atom is 0.264 e. The van der Waals surface area contributed by atoms with Crippen LogP contribution < -0.4 is 10.2 Å². The van der Waals surface area contributed by atoms with Crippen molar-refractivity contribution in [2.45, 2.75) is 11.8 Å². The molecule has 0 aromatic heterocycles. The number of hydrogen-bond acceptors (Lipinski definition) is 5. The van der Waals surface area contributed by atoms with Gasteiger partial charge in [-0.25, -0.2) is 0 Å². The standard InChI is InChI=1S/C23H21ClN2O3S/c1-14-8-9-16(25-3)12-22(14)30-15(2)26(17-10-11-20(27)21(28)13-17)23(29)18-6-4-5-7-19(18)24/h4-13,25,27-28H,2H2,1,3H3. The second-order valence-electron chi connectivity index (χ2n) is 6.52. The number of nitrogens with zero attached hydrogens (tertiary/aromatic N) is 1. The molecule has 3 N–H and O–H groups in total. The van der Waals surface area contributed by atoms with Crippen LogP contribution in [0.1, 0.15) is 15.9 Å². The van der Waals surface area contributed by atoms with Gasteiger partial charge in [-0.3, -0.25) is 9.69 Å². The summed E-state index contributed by atoms with van der Waals surface area (Å²) in [6.07, 6.45) is 0. The van der Waals surface area contributed by atoms with Gasteiger partial charge in [-0.2, -0.15) is 0 Å². The molecule has 1 amide bonds. The smallest absolute Gasteiger partial charge is 0.264 e. The van der Waals surface area contributed by atoms with Gasteiger partial charge >= 0.3 is 0 Å². The van der Waals surface area contributed by atoms with Crippen molar-refractivity contribution in [3.63, 3.8) is 0 Å². The average Bonchev–Trinajstić information content (AvgIpc) is 2.72. The molecule has 30 heavy (non-hydrogen) atoms. The maximum absolute atomic E-state index is 13.4. The largest absolute Gasteiger partial charge is 0.504 e. The molecule has 0 spiro atoms. The predicted molar refractivity (Wildman–Crippen MR) is 124 cm³/mol. The Kier molecular flexibility index (Phi) is 6.59. The zero-order valence-corrected chi connectivity index (χ0v) is 18.1. The van der Waals surface area contributed by atoms with Crippen molar-refractivity contribution in [2.24, 2.45) is 0 Å². The summed E-state index contributed by atoms with van der Waals surface area (Å²) in [5.41, 5.74) is 2.62. The Hall–Kier alpha value is -3.09. The Balaban J connectivity index is 2.05. The summed E-state index contributed by atoms with van der Waals surface area (Å²) in [6, 6.07) is 16.8. The lowest BCUT2D eigenvalue weighted by atomic mass is 10.1. The highest BCUT2D eigenvalue weighted by Gasteiger charge is 2.24. The van der Waals surface area contributed by atoms with Gasteiger partial charge in [-0.15, -0.1) is 0 Å². The Morgan fingerprint density at radius 2 is 1.80 bits per heavy atom. The lowest BCUT2D eigenvalue weighted by molar-refractivity contribution is 0.0997. The van der Waals surface area contributed by atoms with Crippen LogP contribution in [0.5, 0.6) is 11.5 Å². The number of thioether (sulfide) groups is 1. The van der Waals surface area contributed by atoms with Crippen molar-refractivity contribution in [1.82, 2.24) is 0 Å². The van der Waals surface area contributed by atoms with E-state index in [1.54, 1.807) is 24.3 Å². The van der Waals surface area contributed by atoms with Gasteiger partial charge in [0, 0.05) is 23.7 Å². The van der Waals surface area contributed by atoms with Gasteiger partial charge in [-0.05, 0) is 48.9 Å². The summed E-state index contributed by atoms with van der Waals surface area (Å²) >= 11 is 7.58. The molecule has 0 aliphatic carbocycles. The molecule has 3 aromatic rings. The number of amides is 1. The molecule has 154 valence electrons. The molecule has 5 nitrogen and oxygen atoms in total. The molecule has 3 rings (SSSR count). The highest BCUT2D eigenvalue weighted by molar-refractivity contribution is 8.03. The predicted octanol–water partition coefficient (Wildman–Crippen LogP) is 6.01. The van der Waals surface area contributed by atoms with Gasteiger partial charge in [0.15, 0.2) is 11.5 Å². The average molecular weight is 441 g/mol. The second-order valence-corrected chi connectivity index (χ2v) is 8.04. The van der Waals surface area contributed by atoms with E-state index in [4.69, 9.17) is 11.6 Å². The van der Waals surface area contributed by atoms with E-state index in [-0.39, 0.29) is 11.5 Å². The number of phenolic OH excluding ortho intramolecular Hbond substituents is 2. The van der Waals surface area contributed by atoms with Gasteiger partial charge in [0.1, 0.15) is 0 Å². The summed E-state index contributed by atoms with van der Waals surface area (Å²) in [6.45, 7) is 6.09.